The van der Waals surface area contributed by atoms with Gasteiger partial charge in [0.05, 0.1) is 6.61 Å². The first kappa shape index (κ1) is 15.3. The molecule has 20 heavy (non-hydrogen) atoms. The van der Waals surface area contributed by atoms with Crippen LogP contribution in [0, 0.1) is 11.8 Å². The third-order valence-corrected chi connectivity index (χ3v) is 3.92. The van der Waals surface area contributed by atoms with E-state index in [2.05, 4.69) is 43.0 Å². The standard InChI is InChI=1S/C17H27NO2/c1-14(2)8-10-20-17-5-3-15(4-6-17)11-18-9-7-16(12-18)13-19/h3-6,14,16,19H,7-13H2,1-2H3. The van der Waals surface area contributed by atoms with Gasteiger partial charge in [0.25, 0.3) is 0 Å². The van der Waals surface area contributed by atoms with Crippen LogP contribution in [-0.2, 0) is 6.54 Å². The Balaban J connectivity index is 1.77. The topological polar surface area (TPSA) is 32.7 Å². The van der Waals surface area contributed by atoms with Crippen molar-refractivity contribution in [1.29, 1.82) is 0 Å². The van der Waals surface area contributed by atoms with Crippen LogP contribution in [-0.4, -0.2) is 36.3 Å². The van der Waals surface area contributed by atoms with Crippen molar-refractivity contribution in [2.75, 3.05) is 26.3 Å². The third kappa shape index (κ3) is 4.80. The average Bonchev–Trinajstić information content (AvgIpc) is 2.88. The van der Waals surface area contributed by atoms with E-state index in [-0.39, 0.29) is 0 Å². The van der Waals surface area contributed by atoms with Crippen LogP contribution in [0.15, 0.2) is 24.3 Å². The van der Waals surface area contributed by atoms with Crippen molar-refractivity contribution in [1.82, 2.24) is 4.90 Å². The summed E-state index contributed by atoms with van der Waals surface area (Å²) in [6.07, 6.45) is 2.21. The number of benzene rings is 1. The molecule has 1 atom stereocenters. The molecule has 112 valence electrons. The van der Waals surface area contributed by atoms with Crippen molar-refractivity contribution in [3.05, 3.63) is 29.8 Å². The molecule has 1 aromatic rings. The summed E-state index contributed by atoms with van der Waals surface area (Å²) >= 11 is 0. The van der Waals surface area contributed by atoms with Crippen LogP contribution in [0.1, 0.15) is 32.3 Å². The molecule has 1 fully saturated rings. The van der Waals surface area contributed by atoms with Gasteiger partial charge in [-0.1, -0.05) is 26.0 Å². The molecule has 1 saturated heterocycles. The van der Waals surface area contributed by atoms with Crippen LogP contribution >= 0.6 is 0 Å². The summed E-state index contributed by atoms with van der Waals surface area (Å²) in [6, 6.07) is 8.43. The Hall–Kier alpha value is -1.06. The third-order valence-electron chi connectivity index (χ3n) is 3.92. The maximum absolute atomic E-state index is 9.16. The maximum atomic E-state index is 9.16. The van der Waals surface area contributed by atoms with Crippen LogP contribution < -0.4 is 4.74 Å². The molecule has 3 heteroatoms. The van der Waals surface area contributed by atoms with E-state index in [4.69, 9.17) is 9.84 Å². The van der Waals surface area contributed by atoms with E-state index >= 15 is 0 Å². The molecule has 1 unspecified atom stereocenters. The van der Waals surface area contributed by atoms with Crippen molar-refractivity contribution in [3.63, 3.8) is 0 Å². The van der Waals surface area contributed by atoms with Crippen LogP contribution in [0.4, 0.5) is 0 Å². The molecule has 0 aliphatic carbocycles. The first-order valence-corrected chi connectivity index (χ1v) is 7.72. The summed E-state index contributed by atoms with van der Waals surface area (Å²) in [6.45, 7) is 8.62. The minimum atomic E-state index is 0.319. The molecule has 0 aromatic heterocycles. The van der Waals surface area contributed by atoms with Crippen LogP contribution in [0.3, 0.4) is 0 Å². The summed E-state index contributed by atoms with van der Waals surface area (Å²) in [7, 11) is 0. The van der Waals surface area contributed by atoms with E-state index < -0.39 is 0 Å². The molecular formula is C17H27NO2. The van der Waals surface area contributed by atoms with Crippen molar-refractivity contribution < 1.29 is 9.84 Å². The zero-order valence-electron chi connectivity index (χ0n) is 12.7. The van der Waals surface area contributed by atoms with Gasteiger partial charge in [-0.25, -0.2) is 0 Å². The summed E-state index contributed by atoms with van der Waals surface area (Å²) in [5, 5.41) is 9.16. The largest absolute Gasteiger partial charge is 0.494 e. The Morgan fingerprint density at radius 3 is 2.65 bits per heavy atom. The minimum Gasteiger partial charge on any atom is -0.494 e. The lowest BCUT2D eigenvalue weighted by Gasteiger charge is -2.16. The highest BCUT2D eigenvalue weighted by Crippen LogP contribution is 2.19. The van der Waals surface area contributed by atoms with Crippen molar-refractivity contribution in [3.8, 4) is 5.75 Å². The highest BCUT2D eigenvalue weighted by Gasteiger charge is 2.21. The van der Waals surface area contributed by atoms with Gasteiger partial charge in [0, 0.05) is 19.7 Å². The molecule has 0 amide bonds. The van der Waals surface area contributed by atoms with Crippen molar-refractivity contribution in [2.24, 2.45) is 11.8 Å². The zero-order chi connectivity index (χ0) is 14.4. The van der Waals surface area contributed by atoms with E-state index in [1.807, 2.05) is 0 Å². The summed E-state index contributed by atoms with van der Waals surface area (Å²) in [5.74, 6) is 2.11. The number of aliphatic hydroxyl groups is 1. The van der Waals surface area contributed by atoms with Gasteiger partial charge >= 0.3 is 0 Å². The Bertz CT molecular complexity index is 388. The van der Waals surface area contributed by atoms with Crippen LogP contribution in [0.2, 0.25) is 0 Å². The van der Waals surface area contributed by atoms with E-state index in [0.717, 1.165) is 44.8 Å². The lowest BCUT2D eigenvalue weighted by atomic mass is 10.1. The zero-order valence-corrected chi connectivity index (χ0v) is 12.7. The number of hydrogen-bond donors (Lipinski definition) is 1. The van der Waals surface area contributed by atoms with Gasteiger partial charge in [-0.05, 0) is 48.9 Å². The van der Waals surface area contributed by atoms with E-state index in [1.165, 1.54) is 5.56 Å². The number of nitrogens with zero attached hydrogens (tertiary/aromatic N) is 1. The quantitative estimate of drug-likeness (QED) is 0.832. The maximum Gasteiger partial charge on any atom is 0.119 e. The van der Waals surface area contributed by atoms with Gasteiger partial charge in [0.15, 0.2) is 0 Å². The Morgan fingerprint density at radius 1 is 1.30 bits per heavy atom. The molecule has 3 nitrogen and oxygen atoms in total. The molecule has 1 aromatic carbocycles. The predicted molar refractivity (Wildman–Crippen MR) is 81.9 cm³/mol. The smallest absolute Gasteiger partial charge is 0.119 e. The van der Waals surface area contributed by atoms with E-state index in [9.17, 15) is 0 Å². The second-order valence-electron chi connectivity index (χ2n) is 6.25. The van der Waals surface area contributed by atoms with Gasteiger partial charge in [-0.3, -0.25) is 4.90 Å². The number of likely N-dealkylation sites (tertiary alicyclic amines) is 1. The monoisotopic (exact) mass is 277 g/mol. The van der Waals surface area contributed by atoms with Crippen LogP contribution in [0.25, 0.3) is 0 Å². The number of hydrogen-bond acceptors (Lipinski definition) is 3. The van der Waals surface area contributed by atoms with Crippen molar-refractivity contribution in [2.45, 2.75) is 33.2 Å². The van der Waals surface area contributed by atoms with Gasteiger partial charge in [-0.15, -0.1) is 0 Å². The Labute approximate surface area is 122 Å². The number of aliphatic hydroxyl groups excluding tert-OH is 1. The molecule has 1 aliphatic rings. The van der Waals surface area contributed by atoms with Gasteiger partial charge < -0.3 is 9.84 Å². The lowest BCUT2D eigenvalue weighted by molar-refractivity contribution is 0.220. The summed E-state index contributed by atoms with van der Waals surface area (Å²) < 4.78 is 5.73. The van der Waals surface area contributed by atoms with Gasteiger partial charge in [-0.2, -0.15) is 0 Å². The fraction of sp³-hybridized carbons (Fsp3) is 0.647. The number of rotatable bonds is 7. The van der Waals surface area contributed by atoms with Crippen LogP contribution in [0.5, 0.6) is 5.75 Å². The fourth-order valence-corrected chi connectivity index (χ4v) is 2.57. The molecule has 0 bridgehead atoms. The van der Waals surface area contributed by atoms with Gasteiger partial charge in [0.1, 0.15) is 5.75 Å². The summed E-state index contributed by atoms with van der Waals surface area (Å²) in [4.78, 5) is 2.41. The predicted octanol–water partition coefficient (Wildman–Crippen LogP) is 2.93. The molecular weight excluding hydrogens is 250 g/mol. The second kappa shape index (κ2) is 7.65. The van der Waals surface area contributed by atoms with Crippen molar-refractivity contribution >= 4 is 0 Å². The number of ether oxygens (including phenoxy) is 1. The first-order chi connectivity index (χ1) is 9.67. The fourth-order valence-electron chi connectivity index (χ4n) is 2.57. The molecule has 1 heterocycles. The normalized spacial score (nSPS) is 19.7. The molecule has 1 aliphatic heterocycles. The average molecular weight is 277 g/mol. The molecule has 0 saturated carbocycles. The Morgan fingerprint density at radius 2 is 2.05 bits per heavy atom. The SMILES string of the molecule is CC(C)CCOc1ccc(CN2CCC(CO)C2)cc1. The lowest BCUT2D eigenvalue weighted by Crippen LogP contribution is -2.20. The molecule has 1 N–H and O–H groups in total. The first-order valence-electron chi connectivity index (χ1n) is 7.72. The highest BCUT2D eigenvalue weighted by molar-refractivity contribution is 5.27. The highest BCUT2D eigenvalue weighted by atomic mass is 16.5. The molecule has 2 rings (SSSR count). The second-order valence-corrected chi connectivity index (χ2v) is 6.25. The Kier molecular flexibility index (Phi) is 5.86. The minimum absolute atomic E-state index is 0.319. The summed E-state index contributed by atoms with van der Waals surface area (Å²) in [5.41, 5.74) is 1.32. The van der Waals surface area contributed by atoms with E-state index in [0.29, 0.717) is 18.4 Å². The van der Waals surface area contributed by atoms with Gasteiger partial charge in [0.2, 0.25) is 0 Å². The molecule has 0 spiro atoms. The molecule has 0 radical (unpaired) electrons. The van der Waals surface area contributed by atoms with E-state index in [1.54, 1.807) is 0 Å².